The van der Waals surface area contributed by atoms with Gasteiger partial charge in [-0.25, -0.2) is 4.98 Å². The third kappa shape index (κ3) is 3.69. The number of rotatable bonds is 6. The molecule has 0 saturated heterocycles. The second kappa shape index (κ2) is 7.02. The topological polar surface area (TPSA) is 25.4 Å². The van der Waals surface area contributed by atoms with Crippen LogP contribution < -0.4 is 0 Å². The molecule has 0 atom stereocenters. The van der Waals surface area contributed by atoms with Crippen LogP contribution in [0.4, 0.5) is 0 Å². The van der Waals surface area contributed by atoms with Gasteiger partial charge in [-0.15, -0.1) is 0 Å². The third-order valence-corrected chi connectivity index (χ3v) is 3.76. The molecule has 0 radical (unpaired) electrons. The van der Waals surface area contributed by atoms with Crippen molar-refractivity contribution in [2.45, 2.75) is 26.4 Å². The zero-order chi connectivity index (χ0) is 14.5. The number of halogens is 1. The van der Waals surface area contributed by atoms with Crippen LogP contribution in [-0.2, 0) is 11.3 Å². The first-order valence-corrected chi connectivity index (χ1v) is 7.26. The molecule has 0 N–H and O–H groups in total. The van der Waals surface area contributed by atoms with Crippen LogP contribution in [0.25, 0.3) is 10.9 Å². The van der Waals surface area contributed by atoms with Crippen LogP contribution in [0.2, 0.25) is 5.15 Å². The van der Waals surface area contributed by atoms with Gasteiger partial charge in [0.25, 0.3) is 0 Å². The Kier molecular flexibility index (Phi) is 5.35. The van der Waals surface area contributed by atoms with E-state index in [1.165, 1.54) is 0 Å². The lowest BCUT2D eigenvalue weighted by Gasteiger charge is -2.26. The molecular formula is C16H21ClN2O. The molecule has 1 aromatic heterocycles. The Bertz CT molecular complexity index is 571. The summed E-state index contributed by atoms with van der Waals surface area (Å²) in [7, 11) is 1.73. The van der Waals surface area contributed by atoms with Crippen molar-refractivity contribution >= 4 is 22.5 Å². The summed E-state index contributed by atoms with van der Waals surface area (Å²) in [6.07, 6.45) is 0. The Morgan fingerprint density at radius 3 is 2.75 bits per heavy atom. The van der Waals surface area contributed by atoms with Crippen LogP contribution in [0.3, 0.4) is 0 Å². The summed E-state index contributed by atoms with van der Waals surface area (Å²) in [4.78, 5) is 6.81. The monoisotopic (exact) mass is 292 g/mol. The van der Waals surface area contributed by atoms with Gasteiger partial charge in [0.15, 0.2) is 0 Å². The Morgan fingerprint density at radius 2 is 2.05 bits per heavy atom. The molecule has 3 nitrogen and oxygen atoms in total. The highest BCUT2D eigenvalue weighted by molar-refractivity contribution is 6.30. The summed E-state index contributed by atoms with van der Waals surface area (Å²) >= 11 is 6.32. The smallest absolute Gasteiger partial charge is 0.134 e. The lowest BCUT2D eigenvalue weighted by molar-refractivity contribution is 0.125. The van der Waals surface area contributed by atoms with Crippen molar-refractivity contribution in [3.05, 3.63) is 41.0 Å². The average Bonchev–Trinajstić information content (AvgIpc) is 2.43. The predicted molar refractivity (Wildman–Crippen MR) is 84.2 cm³/mol. The fourth-order valence-corrected chi connectivity index (χ4v) is 2.40. The van der Waals surface area contributed by atoms with E-state index in [0.29, 0.717) is 11.2 Å². The lowest BCUT2D eigenvalue weighted by atomic mass is 10.1. The first kappa shape index (κ1) is 15.2. The first-order chi connectivity index (χ1) is 9.61. The fourth-order valence-electron chi connectivity index (χ4n) is 2.19. The van der Waals surface area contributed by atoms with E-state index in [4.69, 9.17) is 16.3 Å². The molecule has 0 spiro atoms. The Labute approximate surface area is 125 Å². The zero-order valence-electron chi connectivity index (χ0n) is 12.3. The summed E-state index contributed by atoms with van der Waals surface area (Å²) in [5.41, 5.74) is 2.00. The SMILES string of the molecule is COCCN(Cc1cc2ccccc2nc1Cl)C(C)C. The standard InChI is InChI=1S/C16H21ClN2O/c1-12(2)19(8-9-20-3)11-14-10-13-6-4-5-7-15(13)18-16(14)17/h4-7,10,12H,8-9,11H2,1-3H3. The van der Waals surface area contributed by atoms with Gasteiger partial charge in [0.2, 0.25) is 0 Å². The summed E-state index contributed by atoms with van der Waals surface area (Å²) in [6.45, 7) is 6.75. The van der Waals surface area contributed by atoms with Crippen LogP contribution in [0.1, 0.15) is 19.4 Å². The molecule has 108 valence electrons. The molecule has 2 rings (SSSR count). The highest BCUT2D eigenvalue weighted by atomic mass is 35.5. The van der Waals surface area contributed by atoms with Crippen molar-refractivity contribution in [2.75, 3.05) is 20.3 Å². The number of ether oxygens (including phenoxy) is 1. The van der Waals surface area contributed by atoms with Gasteiger partial charge in [0.1, 0.15) is 5.15 Å². The van der Waals surface area contributed by atoms with Crippen molar-refractivity contribution in [3.63, 3.8) is 0 Å². The third-order valence-electron chi connectivity index (χ3n) is 3.44. The maximum absolute atomic E-state index is 6.32. The molecule has 0 fully saturated rings. The molecule has 1 aromatic carbocycles. The fraction of sp³-hybridized carbons (Fsp3) is 0.438. The highest BCUT2D eigenvalue weighted by Gasteiger charge is 2.13. The van der Waals surface area contributed by atoms with Gasteiger partial charge < -0.3 is 4.74 Å². The number of aromatic nitrogens is 1. The molecule has 0 saturated carbocycles. The van der Waals surface area contributed by atoms with E-state index in [2.05, 4.69) is 35.9 Å². The highest BCUT2D eigenvalue weighted by Crippen LogP contribution is 2.22. The Morgan fingerprint density at radius 1 is 1.30 bits per heavy atom. The normalized spacial score (nSPS) is 11.7. The largest absolute Gasteiger partial charge is 0.383 e. The average molecular weight is 293 g/mol. The number of hydrogen-bond donors (Lipinski definition) is 0. The van der Waals surface area contributed by atoms with E-state index in [1.54, 1.807) is 7.11 Å². The summed E-state index contributed by atoms with van der Waals surface area (Å²) in [5.74, 6) is 0. The van der Waals surface area contributed by atoms with Crippen molar-refractivity contribution in [2.24, 2.45) is 0 Å². The Balaban J connectivity index is 2.24. The zero-order valence-corrected chi connectivity index (χ0v) is 13.0. The van der Waals surface area contributed by atoms with Crippen LogP contribution in [-0.4, -0.2) is 36.2 Å². The number of para-hydroxylation sites is 1. The quantitative estimate of drug-likeness (QED) is 0.758. The number of benzene rings is 1. The van der Waals surface area contributed by atoms with Crippen LogP contribution in [0.5, 0.6) is 0 Å². The number of methoxy groups -OCH3 is 1. The van der Waals surface area contributed by atoms with Gasteiger partial charge in [-0.2, -0.15) is 0 Å². The van der Waals surface area contributed by atoms with Crippen LogP contribution in [0, 0.1) is 0 Å². The summed E-state index contributed by atoms with van der Waals surface area (Å²) < 4.78 is 5.17. The molecule has 0 bridgehead atoms. The van der Waals surface area contributed by atoms with Gasteiger partial charge >= 0.3 is 0 Å². The second-order valence-electron chi connectivity index (χ2n) is 5.19. The molecule has 0 amide bonds. The minimum absolute atomic E-state index is 0.438. The van der Waals surface area contributed by atoms with E-state index in [1.807, 2.05) is 18.2 Å². The predicted octanol–water partition coefficient (Wildman–Crippen LogP) is 3.75. The molecule has 0 unspecified atom stereocenters. The molecule has 1 heterocycles. The van der Waals surface area contributed by atoms with Crippen molar-refractivity contribution < 1.29 is 4.74 Å². The van der Waals surface area contributed by atoms with Crippen LogP contribution >= 0.6 is 11.6 Å². The number of hydrogen-bond acceptors (Lipinski definition) is 3. The van der Waals surface area contributed by atoms with Gasteiger partial charge in [-0.3, -0.25) is 4.90 Å². The lowest BCUT2D eigenvalue weighted by Crippen LogP contribution is -2.33. The van der Waals surface area contributed by atoms with Crippen LogP contribution in [0.15, 0.2) is 30.3 Å². The molecule has 2 aromatic rings. The maximum Gasteiger partial charge on any atom is 0.134 e. The minimum Gasteiger partial charge on any atom is -0.383 e. The van der Waals surface area contributed by atoms with Crippen molar-refractivity contribution in [3.8, 4) is 0 Å². The van der Waals surface area contributed by atoms with E-state index in [9.17, 15) is 0 Å². The number of nitrogens with zero attached hydrogens (tertiary/aromatic N) is 2. The van der Waals surface area contributed by atoms with Gasteiger partial charge in [0, 0.05) is 37.2 Å². The first-order valence-electron chi connectivity index (χ1n) is 6.89. The van der Waals surface area contributed by atoms with Gasteiger partial charge in [-0.1, -0.05) is 29.8 Å². The summed E-state index contributed by atoms with van der Waals surface area (Å²) in [5, 5.41) is 1.72. The second-order valence-corrected chi connectivity index (χ2v) is 5.55. The van der Waals surface area contributed by atoms with Crippen molar-refractivity contribution in [1.29, 1.82) is 0 Å². The molecule has 0 aliphatic rings. The van der Waals surface area contributed by atoms with E-state index in [0.717, 1.165) is 36.2 Å². The maximum atomic E-state index is 6.32. The van der Waals surface area contributed by atoms with Crippen molar-refractivity contribution in [1.82, 2.24) is 9.88 Å². The van der Waals surface area contributed by atoms with E-state index < -0.39 is 0 Å². The Hall–Kier alpha value is -1.16. The number of fused-ring (bicyclic) bond motifs is 1. The minimum atomic E-state index is 0.438. The molecular weight excluding hydrogens is 272 g/mol. The molecule has 4 heteroatoms. The van der Waals surface area contributed by atoms with E-state index in [-0.39, 0.29) is 0 Å². The van der Waals surface area contributed by atoms with Gasteiger partial charge in [0.05, 0.1) is 12.1 Å². The number of pyridine rings is 1. The van der Waals surface area contributed by atoms with Gasteiger partial charge in [-0.05, 0) is 26.0 Å². The van der Waals surface area contributed by atoms with E-state index >= 15 is 0 Å². The summed E-state index contributed by atoms with van der Waals surface area (Å²) in [6, 6.07) is 10.6. The molecule has 0 aliphatic carbocycles. The molecule has 20 heavy (non-hydrogen) atoms. The molecule has 0 aliphatic heterocycles.